The minimum Gasteiger partial charge on any atom is -0.389 e. The molecule has 0 bridgehead atoms. The summed E-state index contributed by atoms with van der Waals surface area (Å²) in [6.07, 6.45) is -0.772. The van der Waals surface area contributed by atoms with E-state index in [4.69, 9.17) is 4.74 Å². The number of ether oxygens (including phenoxy) is 1. The molecule has 0 spiro atoms. The first-order valence-corrected chi connectivity index (χ1v) is 9.83. The van der Waals surface area contributed by atoms with Crippen LogP contribution in [0.5, 0.6) is 0 Å². The van der Waals surface area contributed by atoms with Crippen molar-refractivity contribution in [2.24, 2.45) is 0 Å². The zero-order valence-corrected chi connectivity index (χ0v) is 16.6. The predicted octanol–water partition coefficient (Wildman–Crippen LogP) is 4.81. The summed E-state index contributed by atoms with van der Waals surface area (Å²) in [5.41, 5.74) is 4.60. The molecule has 0 aliphatic carbocycles. The van der Waals surface area contributed by atoms with E-state index in [9.17, 15) is 5.11 Å². The monoisotopic (exact) mass is 375 g/mol. The number of hydrogen-bond acceptors (Lipinski definition) is 3. The average Bonchev–Trinajstić information content (AvgIpc) is 2.75. The lowest BCUT2D eigenvalue weighted by Crippen LogP contribution is -2.32. The van der Waals surface area contributed by atoms with E-state index in [0.717, 1.165) is 11.1 Å². The van der Waals surface area contributed by atoms with Crippen molar-refractivity contribution in [2.45, 2.75) is 32.1 Å². The lowest BCUT2D eigenvalue weighted by molar-refractivity contribution is 0.00578. The average molecular weight is 376 g/mol. The SMILES string of the molecule is Cc1ccc([C@@H](OC[C@H](O)CN[C@H](C)c2ccccc2)c2ccccc2)cc1. The highest BCUT2D eigenvalue weighted by molar-refractivity contribution is 5.31. The molecule has 3 aromatic carbocycles. The van der Waals surface area contributed by atoms with Gasteiger partial charge < -0.3 is 15.2 Å². The fourth-order valence-corrected chi connectivity index (χ4v) is 3.19. The Kier molecular flexibility index (Phi) is 7.38. The molecule has 0 heterocycles. The van der Waals surface area contributed by atoms with Crippen LogP contribution in [0.1, 0.15) is 41.3 Å². The minimum atomic E-state index is -0.581. The topological polar surface area (TPSA) is 41.5 Å². The summed E-state index contributed by atoms with van der Waals surface area (Å²) in [6.45, 7) is 4.92. The number of rotatable bonds is 9. The van der Waals surface area contributed by atoms with Gasteiger partial charge in [0.25, 0.3) is 0 Å². The number of aryl methyl sites for hydroxylation is 1. The van der Waals surface area contributed by atoms with Crippen molar-refractivity contribution in [2.75, 3.05) is 13.2 Å². The highest BCUT2D eigenvalue weighted by atomic mass is 16.5. The second-order valence-corrected chi connectivity index (χ2v) is 7.23. The van der Waals surface area contributed by atoms with Gasteiger partial charge in [0.05, 0.1) is 12.7 Å². The Bertz CT molecular complexity index is 818. The number of hydrogen-bond donors (Lipinski definition) is 2. The van der Waals surface area contributed by atoms with Crippen molar-refractivity contribution in [3.8, 4) is 0 Å². The van der Waals surface area contributed by atoms with Crippen LogP contribution in [-0.4, -0.2) is 24.4 Å². The van der Waals surface area contributed by atoms with Gasteiger partial charge in [0.2, 0.25) is 0 Å². The van der Waals surface area contributed by atoms with Gasteiger partial charge >= 0.3 is 0 Å². The zero-order chi connectivity index (χ0) is 19.8. The van der Waals surface area contributed by atoms with Crippen molar-refractivity contribution in [1.82, 2.24) is 5.32 Å². The largest absolute Gasteiger partial charge is 0.389 e. The molecular weight excluding hydrogens is 346 g/mol. The number of benzene rings is 3. The number of nitrogens with one attached hydrogen (secondary N) is 1. The summed E-state index contributed by atoms with van der Waals surface area (Å²) in [4.78, 5) is 0. The molecule has 146 valence electrons. The van der Waals surface area contributed by atoms with E-state index in [1.807, 2.05) is 36.4 Å². The first-order chi connectivity index (χ1) is 13.6. The molecule has 28 heavy (non-hydrogen) atoms. The van der Waals surface area contributed by atoms with Gasteiger partial charge in [-0.15, -0.1) is 0 Å². The van der Waals surface area contributed by atoms with E-state index in [1.165, 1.54) is 11.1 Å². The third-order valence-corrected chi connectivity index (χ3v) is 4.90. The summed E-state index contributed by atoms with van der Waals surface area (Å²) in [6, 6.07) is 28.9. The Morgan fingerprint density at radius 1 is 0.786 bits per heavy atom. The minimum absolute atomic E-state index is 0.179. The molecule has 0 aromatic heterocycles. The molecule has 3 rings (SSSR count). The molecule has 0 unspecified atom stereocenters. The van der Waals surface area contributed by atoms with E-state index in [-0.39, 0.29) is 18.8 Å². The van der Waals surface area contributed by atoms with Gasteiger partial charge in [0.15, 0.2) is 0 Å². The molecular formula is C25H29NO2. The maximum atomic E-state index is 10.4. The van der Waals surface area contributed by atoms with Crippen LogP contribution in [0.15, 0.2) is 84.9 Å². The Morgan fingerprint density at radius 2 is 1.32 bits per heavy atom. The van der Waals surface area contributed by atoms with E-state index in [0.29, 0.717) is 6.54 Å². The normalized spacial score (nSPS) is 14.4. The maximum Gasteiger partial charge on any atom is 0.108 e. The van der Waals surface area contributed by atoms with Crippen LogP contribution < -0.4 is 5.32 Å². The second kappa shape index (κ2) is 10.2. The van der Waals surface area contributed by atoms with Crippen LogP contribution in [0.3, 0.4) is 0 Å². The van der Waals surface area contributed by atoms with Crippen LogP contribution in [-0.2, 0) is 4.74 Å². The summed E-state index contributed by atoms with van der Waals surface area (Å²) < 4.78 is 6.16. The third kappa shape index (κ3) is 5.77. The molecule has 3 aromatic rings. The number of aliphatic hydroxyl groups excluding tert-OH is 1. The molecule has 0 saturated heterocycles. The van der Waals surface area contributed by atoms with Crippen molar-refractivity contribution in [3.63, 3.8) is 0 Å². The van der Waals surface area contributed by atoms with Gasteiger partial charge in [-0.3, -0.25) is 0 Å². The molecule has 3 heteroatoms. The van der Waals surface area contributed by atoms with Crippen molar-refractivity contribution >= 4 is 0 Å². The summed E-state index contributed by atoms with van der Waals surface area (Å²) in [5.74, 6) is 0. The van der Waals surface area contributed by atoms with Crippen molar-refractivity contribution in [1.29, 1.82) is 0 Å². The van der Waals surface area contributed by atoms with E-state index >= 15 is 0 Å². The molecule has 3 nitrogen and oxygen atoms in total. The lowest BCUT2D eigenvalue weighted by atomic mass is 10.0. The van der Waals surface area contributed by atoms with Gasteiger partial charge in [0, 0.05) is 12.6 Å². The van der Waals surface area contributed by atoms with Crippen LogP contribution >= 0.6 is 0 Å². The first-order valence-electron chi connectivity index (χ1n) is 9.83. The van der Waals surface area contributed by atoms with Crippen molar-refractivity contribution in [3.05, 3.63) is 107 Å². The second-order valence-electron chi connectivity index (χ2n) is 7.23. The summed E-state index contributed by atoms with van der Waals surface area (Å²) >= 11 is 0. The van der Waals surface area contributed by atoms with E-state index < -0.39 is 6.10 Å². The molecule has 3 atom stereocenters. The highest BCUT2D eigenvalue weighted by Crippen LogP contribution is 2.26. The van der Waals surface area contributed by atoms with Gasteiger partial charge in [-0.2, -0.15) is 0 Å². The predicted molar refractivity (Wildman–Crippen MR) is 114 cm³/mol. The third-order valence-electron chi connectivity index (χ3n) is 4.90. The first kappa shape index (κ1) is 20.3. The number of aliphatic hydroxyl groups is 1. The van der Waals surface area contributed by atoms with E-state index in [2.05, 4.69) is 67.7 Å². The molecule has 0 radical (unpaired) electrons. The molecule has 0 aliphatic heterocycles. The summed E-state index contributed by atoms with van der Waals surface area (Å²) in [7, 11) is 0. The van der Waals surface area contributed by atoms with Crippen LogP contribution in [0.4, 0.5) is 0 Å². The smallest absolute Gasteiger partial charge is 0.108 e. The van der Waals surface area contributed by atoms with E-state index in [1.54, 1.807) is 0 Å². The fourth-order valence-electron chi connectivity index (χ4n) is 3.19. The Morgan fingerprint density at radius 3 is 1.93 bits per heavy atom. The Balaban J connectivity index is 1.59. The standard InChI is InChI=1S/C25H29NO2/c1-19-13-15-23(16-14-19)25(22-11-7-4-8-12-22)28-18-24(27)17-26-20(2)21-9-5-3-6-10-21/h3-16,20,24-27H,17-18H2,1-2H3/t20-,24-,25+/m1/s1. The van der Waals surface area contributed by atoms with Gasteiger partial charge in [-0.05, 0) is 30.5 Å². The zero-order valence-electron chi connectivity index (χ0n) is 16.6. The summed E-state index contributed by atoms with van der Waals surface area (Å²) in [5, 5.41) is 13.8. The molecule has 2 N–H and O–H groups in total. The Hall–Kier alpha value is -2.46. The molecule has 0 saturated carbocycles. The van der Waals surface area contributed by atoms with Crippen LogP contribution in [0.2, 0.25) is 0 Å². The Labute approximate surface area is 168 Å². The quantitative estimate of drug-likeness (QED) is 0.564. The molecule has 0 amide bonds. The van der Waals surface area contributed by atoms with Crippen LogP contribution in [0, 0.1) is 6.92 Å². The van der Waals surface area contributed by atoms with Gasteiger partial charge in [-0.1, -0.05) is 90.5 Å². The van der Waals surface area contributed by atoms with Crippen molar-refractivity contribution < 1.29 is 9.84 Å². The van der Waals surface area contributed by atoms with Crippen LogP contribution in [0.25, 0.3) is 0 Å². The fraction of sp³-hybridized carbons (Fsp3) is 0.280. The maximum absolute atomic E-state index is 10.4. The van der Waals surface area contributed by atoms with Gasteiger partial charge in [-0.25, -0.2) is 0 Å². The lowest BCUT2D eigenvalue weighted by Gasteiger charge is -2.22. The highest BCUT2D eigenvalue weighted by Gasteiger charge is 2.17. The molecule has 0 aliphatic rings. The van der Waals surface area contributed by atoms with Gasteiger partial charge in [0.1, 0.15) is 6.10 Å². The molecule has 0 fully saturated rings.